The zero-order valence-electron chi connectivity index (χ0n) is 11.0. The molecule has 0 bridgehead atoms. The van der Waals surface area contributed by atoms with Gasteiger partial charge in [0.15, 0.2) is 0 Å². The maximum Gasteiger partial charge on any atom is 0.326 e. The number of nitrogens with one attached hydrogen (secondary N) is 1. The van der Waals surface area contributed by atoms with Gasteiger partial charge in [-0.2, -0.15) is 0 Å². The summed E-state index contributed by atoms with van der Waals surface area (Å²) < 4.78 is 5.37. The fourth-order valence-electron chi connectivity index (χ4n) is 1.18. The lowest BCUT2D eigenvalue weighted by molar-refractivity contribution is -0.142. The first-order valence-corrected chi connectivity index (χ1v) is 10.3. The minimum Gasteiger partial charge on any atom is -0.480 e. The van der Waals surface area contributed by atoms with Gasteiger partial charge in [0, 0.05) is 6.61 Å². The van der Waals surface area contributed by atoms with Crippen LogP contribution in [0, 0.1) is 5.92 Å². The van der Waals surface area contributed by atoms with Crippen molar-refractivity contribution in [2.45, 2.75) is 26.8 Å². The second-order valence-corrected chi connectivity index (χ2v) is 12.1. The van der Waals surface area contributed by atoms with Crippen molar-refractivity contribution in [1.29, 1.82) is 0 Å². The molecular weight excluding hydrogens is 293 g/mol. The molecule has 0 aromatic rings. The van der Waals surface area contributed by atoms with Crippen molar-refractivity contribution in [1.82, 2.24) is 5.32 Å². The summed E-state index contributed by atoms with van der Waals surface area (Å²) >= 11 is 6.51. The van der Waals surface area contributed by atoms with Gasteiger partial charge in [-0.1, -0.05) is 37.0 Å². The number of aliphatic carboxylic acids is 1. The summed E-state index contributed by atoms with van der Waals surface area (Å²) in [5.41, 5.74) is -2.00. The predicted molar refractivity (Wildman–Crippen MR) is 78.7 cm³/mol. The maximum absolute atomic E-state index is 11.6. The van der Waals surface area contributed by atoms with E-state index in [4.69, 9.17) is 21.4 Å². The van der Waals surface area contributed by atoms with Crippen molar-refractivity contribution in [2.75, 3.05) is 19.0 Å². The molecule has 0 aliphatic rings. The van der Waals surface area contributed by atoms with Crippen LogP contribution in [-0.2, 0) is 25.9 Å². The highest BCUT2D eigenvalue weighted by Gasteiger charge is 2.24. The Morgan fingerprint density at radius 2 is 2.06 bits per heavy atom. The van der Waals surface area contributed by atoms with Gasteiger partial charge >= 0.3 is 5.97 Å². The Labute approximate surface area is 117 Å². The van der Waals surface area contributed by atoms with Gasteiger partial charge in [-0.25, -0.2) is 4.79 Å². The molecule has 106 valence electrons. The lowest BCUT2D eigenvalue weighted by Crippen LogP contribution is -2.45. The quantitative estimate of drug-likeness (QED) is 0.667. The number of carboxylic acid groups (broad SMARTS) is 1. The van der Waals surface area contributed by atoms with Gasteiger partial charge in [0.25, 0.3) is 0 Å². The van der Waals surface area contributed by atoms with E-state index in [2.05, 4.69) is 5.32 Å². The van der Waals surface area contributed by atoms with Crippen molar-refractivity contribution >= 4 is 40.5 Å². The number of carbonyl (C=O) groups excluding carboxylic acids is 1. The van der Waals surface area contributed by atoms with Crippen LogP contribution in [0.2, 0.25) is 0 Å². The monoisotopic (exact) mass is 313 g/mol. The Morgan fingerprint density at radius 1 is 1.50 bits per heavy atom. The Hall–Kier alpha value is -0.100. The van der Waals surface area contributed by atoms with Crippen molar-refractivity contribution < 1.29 is 19.2 Å². The highest BCUT2D eigenvalue weighted by molar-refractivity contribution is 8.69. The molecule has 1 amide bonds. The van der Waals surface area contributed by atoms with E-state index in [0.717, 1.165) is 0 Å². The summed E-state index contributed by atoms with van der Waals surface area (Å²) in [4.78, 5) is 22.6. The lowest BCUT2D eigenvalue weighted by atomic mass is 10.1. The number of amides is 1. The first kappa shape index (κ1) is 17.9. The molecule has 5 nitrogen and oxygen atoms in total. The Bertz CT molecular complexity index is 349. The largest absolute Gasteiger partial charge is 0.480 e. The zero-order chi connectivity index (χ0) is 14.3. The number of carboxylic acids is 1. The molecule has 2 N–H and O–H groups in total. The molecule has 0 saturated carbocycles. The van der Waals surface area contributed by atoms with E-state index in [-0.39, 0.29) is 17.6 Å². The third-order valence-electron chi connectivity index (χ3n) is 2.04. The van der Waals surface area contributed by atoms with Crippen molar-refractivity contribution in [3.8, 4) is 0 Å². The molecule has 0 heterocycles. The number of rotatable bonds is 8. The van der Waals surface area contributed by atoms with Crippen LogP contribution < -0.4 is 5.32 Å². The number of carbonyl (C=O) groups is 2. The first-order valence-electron chi connectivity index (χ1n) is 5.58. The van der Waals surface area contributed by atoms with Crippen LogP contribution >= 0.6 is 16.8 Å². The average molecular weight is 313 g/mol. The molecule has 0 aromatic heterocycles. The minimum absolute atomic E-state index is 0.129. The summed E-state index contributed by atoms with van der Waals surface area (Å²) in [5.74, 6) is -1.38. The van der Waals surface area contributed by atoms with Crippen molar-refractivity contribution in [2.24, 2.45) is 5.92 Å². The normalized spacial score (nSPS) is 16.1. The van der Waals surface area contributed by atoms with E-state index in [1.54, 1.807) is 20.5 Å². The van der Waals surface area contributed by atoms with Crippen molar-refractivity contribution in [3.63, 3.8) is 0 Å². The van der Waals surface area contributed by atoms with Gasteiger partial charge < -0.3 is 14.9 Å². The number of hydrogen-bond acceptors (Lipinski definition) is 5. The molecule has 0 rings (SSSR count). The summed E-state index contributed by atoms with van der Waals surface area (Å²) in [6, 6.07) is -0.861. The third kappa shape index (κ3) is 7.36. The van der Waals surface area contributed by atoms with Crippen LogP contribution in [0.25, 0.3) is 0 Å². The molecular formula is C10H20NO4PS2. The third-order valence-corrected chi connectivity index (χ3v) is 7.01. The number of hydrogen-bond donors (Lipinski definition) is 2. The van der Waals surface area contributed by atoms with Crippen LogP contribution in [0.1, 0.15) is 20.8 Å². The van der Waals surface area contributed by atoms with E-state index in [9.17, 15) is 9.59 Å². The van der Waals surface area contributed by atoms with Gasteiger partial charge in [0.2, 0.25) is 5.91 Å². The molecule has 18 heavy (non-hydrogen) atoms. The minimum atomic E-state index is -2.00. The fraction of sp³-hybridized carbons (Fsp3) is 0.800. The Balaban J connectivity index is 4.27. The molecule has 0 unspecified atom stereocenters. The van der Waals surface area contributed by atoms with E-state index >= 15 is 0 Å². The maximum atomic E-state index is 11.6. The molecule has 0 radical (unpaired) electrons. The zero-order valence-corrected chi connectivity index (χ0v) is 13.5. The lowest BCUT2D eigenvalue weighted by Gasteiger charge is -2.19. The van der Waals surface area contributed by atoms with E-state index in [1.165, 1.54) is 11.4 Å². The van der Waals surface area contributed by atoms with Gasteiger partial charge in [0.1, 0.15) is 11.5 Å². The second-order valence-electron chi connectivity index (χ2n) is 4.09. The SMILES string of the molecule is CCO[P@](C)(=S)SCC(=O)N[C@H](C(=O)O)C(C)C. The molecule has 2 atom stereocenters. The van der Waals surface area contributed by atoms with Crippen LogP contribution in [0.5, 0.6) is 0 Å². The standard InChI is InChI=1S/C10H20NO4PS2/c1-5-15-16(4,17)18-6-8(12)11-9(7(2)3)10(13)14/h7,9H,5-6H2,1-4H3,(H,11,12)(H,13,14)/t9-,16+/m0/s1. The molecule has 0 aliphatic carbocycles. The summed E-state index contributed by atoms with van der Waals surface area (Å²) in [6.45, 7) is 7.67. The Morgan fingerprint density at radius 3 is 2.44 bits per heavy atom. The molecule has 0 fully saturated rings. The first-order chi connectivity index (χ1) is 8.19. The molecule has 8 heteroatoms. The van der Waals surface area contributed by atoms with Gasteiger partial charge in [0.05, 0.1) is 5.75 Å². The van der Waals surface area contributed by atoms with Crippen LogP contribution in [0.3, 0.4) is 0 Å². The summed E-state index contributed by atoms with van der Waals surface area (Å²) in [7, 11) is 0. The topological polar surface area (TPSA) is 75.6 Å². The van der Waals surface area contributed by atoms with Crippen LogP contribution in [0.15, 0.2) is 0 Å². The van der Waals surface area contributed by atoms with E-state index < -0.39 is 17.5 Å². The van der Waals surface area contributed by atoms with Crippen LogP contribution in [-0.4, -0.2) is 42.0 Å². The second kappa shape index (κ2) is 8.15. The average Bonchev–Trinajstić information content (AvgIpc) is 2.22. The smallest absolute Gasteiger partial charge is 0.326 e. The van der Waals surface area contributed by atoms with Gasteiger partial charge in [-0.15, -0.1) is 0 Å². The van der Waals surface area contributed by atoms with Gasteiger partial charge in [-0.05, 0) is 19.5 Å². The summed E-state index contributed by atoms with van der Waals surface area (Å²) in [5, 5.41) is 11.4. The highest BCUT2D eigenvalue weighted by atomic mass is 32.9. The Kier molecular flexibility index (Phi) is 8.10. The van der Waals surface area contributed by atoms with E-state index in [0.29, 0.717) is 6.61 Å². The molecule has 0 saturated heterocycles. The van der Waals surface area contributed by atoms with Crippen molar-refractivity contribution in [3.05, 3.63) is 0 Å². The molecule has 0 aromatic carbocycles. The summed E-state index contributed by atoms with van der Waals surface area (Å²) in [6.07, 6.45) is 0. The fourth-order valence-corrected chi connectivity index (χ4v) is 4.54. The van der Waals surface area contributed by atoms with Gasteiger partial charge in [-0.3, -0.25) is 4.79 Å². The van der Waals surface area contributed by atoms with Crippen LogP contribution in [0.4, 0.5) is 0 Å². The van der Waals surface area contributed by atoms with E-state index in [1.807, 2.05) is 6.92 Å². The molecule has 0 aliphatic heterocycles. The molecule has 0 spiro atoms. The predicted octanol–water partition coefficient (Wildman–Crippen LogP) is 1.92. The highest BCUT2D eigenvalue weighted by Crippen LogP contribution is 2.56.